The summed E-state index contributed by atoms with van der Waals surface area (Å²) >= 11 is 0. The van der Waals surface area contributed by atoms with Crippen molar-refractivity contribution in [3.8, 4) is 6.07 Å². The largest absolute Gasteiger partial charge is 0.320 e. The Morgan fingerprint density at radius 3 is 2.65 bits per heavy atom. The average Bonchev–Trinajstić information content (AvgIpc) is 3.42. The van der Waals surface area contributed by atoms with Crippen molar-refractivity contribution in [1.82, 2.24) is 30.6 Å². The van der Waals surface area contributed by atoms with Crippen LogP contribution in [0.25, 0.3) is 0 Å². The highest BCUT2D eigenvalue weighted by atomic mass is 15.4. The van der Waals surface area contributed by atoms with Crippen LogP contribution < -0.4 is 5.32 Å². The lowest BCUT2D eigenvalue weighted by Gasteiger charge is -2.09. The molecular formula is C18H18N8. The number of anilines is 2. The Hall–Kier alpha value is -3.34. The fourth-order valence-electron chi connectivity index (χ4n) is 2.76. The number of nitrogens with zero attached hydrogens (tertiary/aromatic N) is 6. The zero-order valence-electron chi connectivity index (χ0n) is 14.4. The number of hydrogen-bond acceptors (Lipinski definition) is 7. The number of benzene rings is 1. The van der Waals surface area contributed by atoms with Crippen molar-refractivity contribution in [3.63, 3.8) is 0 Å². The van der Waals surface area contributed by atoms with Gasteiger partial charge in [-0.3, -0.25) is 0 Å². The molecule has 0 aliphatic heterocycles. The van der Waals surface area contributed by atoms with E-state index in [2.05, 4.69) is 42.0 Å². The molecule has 2 N–H and O–H groups in total. The second-order valence-corrected chi connectivity index (χ2v) is 6.32. The van der Waals surface area contributed by atoms with Gasteiger partial charge in [0.15, 0.2) is 17.5 Å². The molecule has 1 aromatic carbocycles. The van der Waals surface area contributed by atoms with Crippen molar-refractivity contribution >= 4 is 11.6 Å². The fourth-order valence-corrected chi connectivity index (χ4v) is 2.76. The summed E-state index contributed by atoms with van der Waals surface area (Å²) in [7, 11) is 0. The maximum atomic E-state index is 8.89. The predicted molar refractivity (Wildman–Crippen MR) is 94.8 cm³/mol. The normalized spacial score (nSPS) is 13.4. The lowest BCUT2D eigenvalue weighted by Crippen LogP contribution is -2.08. The van der Waals surface area contributed by atoms with Crippen LogP contribution in [0.5, 0.6) is 0 Å². The van der Waals surface area contributed by atoms with Crippen LogP contribution in [0.4, 0.5) is 11.6 Å². The third-order valence-electron chi connectivity index (χ3n) is 4.36. The molecule has 2 heterocycles. The van der Waals surface area contributed by atoms with Gasteiger partial charge in [-0.25, -0.2) is 4.98 Å². The summed E-state index contributed by atoms with van der Waals surface area (Å²) in [5.41, 5.74) is 3.41. The van der Waals surface area contributed by atoms with Gasteiger partial charge in [-0.1, -0.05) is 19.1 Å². The van der Waals surface area contributed by atoms with Gasteiger partial charge in [0.05, 0.1) is 11.6 Å². The van der Waals surface area contributed by atoms with Crippen LogP contribution in [-0.4, -0.2) is 30.6 Å². The molecule has 1 aliphatic rings. The maximum absolute atomic E-state index is 8.89. The van der Waals surface area contributed by atoms with E-state index in [1.54, 1.807) is 12.1 Å². The first kappa shape index (κ1) is 16.1. The third kappa shape index (κ3) is 3.37. The molecule has 0 bridgehead atoms. The molecule has 0 radical (unpaired) electrons. The number of aryl methyl sites for hydroxylation is 1. The van der Waals surface area contributed by atoms with Crippen LogP contribution in [0.2, 0.25) is 0 Å². The van der Waals surface area contributed by atoms with Crippen molar-refractivity contribution in [1.29, 1.82) is 5.26 Å². The first-order valence-corrected chi connectivity index (χ1v) is 8.66. The number of H-pyrrole nitrogens is 1. The highest BCUT2D eigenvalue weighted by Crippen LogP contribution is 2.41. The van der Waals surface area contributed by atoms with Crippen LogP contribution in [0.3, 0.4) is 0 Å². The van der Waals surface area contributed by atoms with Crippen molar-refractivity contribution in [2.24, 2.45) is 0 Å². The zero-order valence-corrected chi connectivity index (χ0v) is 14.4. The fraction of sp³-hybridized carbons (Fsp3) is 0.333. The summed E-state index contributed by atoms with van der Waals surface area (Å²) in [5.74, 6) is 2.48. The Bertz CT molecular complexity index is 950. The predicted octanol–water partition coefficient (Wildman–Crippen LogP) is 2.64. The summed E-state index contributed by atoms with van der Waals surface area (Å²) in [6.07, 6.45) is 3.56. The minimum Gasteiger partial charge on any atom is -0.320 e. The van der Waals surface area contributed by atoms with Crippen molar-refractivity contribution < 1.29 is 0 Å². The molecule has 1 fully saturated rings. The number of nitriles is 1. The Balaban J connectivity index is 1.58. The molecule has 26 heavy (non-hydrogen) atoms. The zero-order chi connectivity index (χ0) is 17.9. The lowest BCUT2D eigenvalue weighted by molar-refractivity contribution is 0.819. The highest BCUT2D eigenvalue weighted by molar-refractivity contribution is 5.57. The first-order valence-electron chi connectivity index (χ1n) is 8.66. The molecule has 3 aromatic rings. The SMILES string of the molecule is CCc1nnc(Cc2ccc(C#N)cc2)nc1Nc1n[nH]nc1C1CC1. The Labute approximate surface area is 150 Å². The van der Waals surface area contributed by atoms with Crippen LogP contribution in [0.1, 0.15) is 54.0 Å². The van der Waals surface area contributed by atoms with Crippen molar-refractivity contribution in [2.75, 3.05) is 5.32 Å². The average molecular weight is 346 g/mol. The number of rotatable bonds is 6. The van der Waals surface area contributed by atoms with Gasteiger partial charge in [-0.15, -0.1) is 15.3 Å². The summed E-state index contributed by atoms with van der Waals surface area (Å²) in [6, 6.07) is 9.52. The molecule has 4 rings (SSSR count). The van der Waals surface area contributed by atoms with E-state index >= 15 is 0 Å². The van der Waals surface area contributed by atoms with E-state index in [4.69, 9.17) is 5.26 Å². The Morgan fingerprint density at radius 1 is 1.15 bits per heavy atom. The van der Waals surface area contributed by atoms with E-state index in [-0.39, 0.29) is 0 Å². The van der Waals surface area contributed by atoms with E-state index in [0.717, 1.165) is 36.2 Å². The molecule has 8 nitrogen and oxygen atoms in total. The number of aromatic nitrogens is 6. The van der Waals surface area contributed by atoms with Gasteiger partial charge >= 0.3 is 0 Å². The number of aromatic amines is 1. The molecule has 0 spiro atoms. The third-order valence-corrected chi connectivity index (χ3v) is 4.36. The monoisotopic (exact) mass is 346 g/mol. The van der Waals surface area contributed by atoms with E-state index < -0.39 is 0 Å². The summed E-state index contributed by atoms with van der Waals surface area (Å²) in [5, 5.41) is 31.9. The molecular weight excluding hydrogens is 328 g/mol. The van der Waals surface area contributed by atoms with Crippen LogP contribution >= 0.6 is 0 Å². The van der Waals surface area contributed by atoms with Gasteiger partial charge in [0, 0.05) is 12.3 Å². The van der Waals surface area contributed by atoms with Crippen molar-refractivity contribution in [3.05, 3.63) is 52.6 Å². The summed E-state index contributed by atoms with van der Waals surface area (Å²) in [4.78, 5) is 4.65. The topological polar surface area (TPSA) is 116 Å². The van der Waals surface area contributed by atoms with Crippen LogP contribution in [-0.2, 0) is 12.8 Å². The van der Waals surface area contributed by atoms with Gasteiger partial charge in [0.2, 0.25) is 0 Å². The number of hydrogen-bond donors (Lipinski definition) is 2. The molecule has 0 atom stereocenters. The Kier molecular flexibility index (Phi) is 4.27. The quantitative estimate of drug-likeness (QED) is 0.704. The van der Waals surface area contributed by atoms with E-state index in [0.29, 0.717) is 35.4 Å². The van der Waals surface area contributed by atoms with Gasteiger partial charge in [0.1, 0.15) is 11.4 Å². The van der Waals surface area contributed by atoms with E-state index in [1.807, 2.05) is 19.1 Å². The molecule has 1 aliphatic carbocycles. The van der Waals surface area contributed by atoms with Gasteiger partial charge in [0.25, 0.3) is 0 Å². The molecule has 0 unspecified atom stereocenters. The van der Waals surface area contributed by atoms with Crippen LogP contribution in [0.15, 0.2) is 24.3 Å². The Morgan fingerprint density at radius 2 is 1.96 bits per heavy atom. The maximum Gasteiger partial charge on any atom is 0.177 e. The summed E-state index contributed by atoms with van der Waals surface area (Å²) < 4.78 is 0. The van der Waals surface area contributed by atoms with E-state index in [9.17, 15) is 0 Å². The second-order valence-electron chi connectivity index (χ2n) is 6.32. The minimum atomic E-state index is 0.481. The molecule has 0 saturated heterocycles. The molecule has 130 valence electrons. The molecule has 0 amide bonds. The minimum absolute atomic E-state index is 0.481. The highest BCUT2D eigenvalue weighted by Gasteiger charge is 2.30. The lowest BCUT2D eigenvalue weighted by atomic mass is 10.1. The smallest absolute Gasteiger partial charge is 0.177 e. The molecule has 1 saturated carbocycles. The van der Waals surface area contributed by atoms with Crippen molar-refractivity contribution in [2.45, 2.75) is 38.5 Å². The number of nitrogens with one attached hydrogen (secondary N) is 2. The van der Waals surface area contributed by atoms with Gasteiger partial charge < -0.3 is 5.32 Å². The van der Waals surface area contributed by atoms with Crippen LogP contribution in [0, 0.1) is 11.3 Å². The molecule has 2 aromatic heterocycles. The second kappa shape index (κ2) is 6.88. The van der Waals surface area contributed by atoms with E-state index in [1.165, 1.54) is 0 Å². The molecule has 8 heteroatoms. The standard InChI is InChI=1S/C18H18N8/c1-2-14-17(21-18-16(13-7-8-13)24-26-25-18)20-15(23-22-14)9-11-3-5-12(10-19)6-4-11/h3-6,13H,2,7-9H2,1H3,(H2,20,21,23,24,25,26). The summed E-state index contributed by atoms with van der Waals surface area (Å²) in [6.45, 7) is 2.02. The first-order chi connectivity index (χ1) is 12.8. The van der Waals surface area contributed by atoms with Gasteiger partial charge in [-0.2, -0.15) is 15.6 Å². The van der Waals surface area contributed by atoms with Gasteiger partial charge in [-0.05, 0) is 37.0 Å².